The van der Waals surface area contributed by atoms with Gasteiger partial charge in [0.15, 0.2) is 0 Å². The molecule has 1 aromatic carbocycles. The molecule has 0 spiro atoms. The molecule has 1 saturated carbocycles. The van der Waals surface area contributed by atoms with Crippen LogP contribution in [0.15, 0.2) is 24.3 Å². The van der Waals surface area contributed by atoms with Gasteiger partial charge < -0.3 is 20.0 Å². The number of likely N-dealkylation sites (N-methyl/N-ethyl adjacent to an activating group) is 1. The lowest BCUT2D eigenvalue weighted by molar-refractivity contribution is -0.134. The lowest BCUT2D eigenvalue weighted by Crippen LogP contribution is -2.52. The number of hydrogen-bond acceptors (Lipinski definition) is 6. The highest BCUT2D eigenvalue weighted by atomic mass is 16.2. The van der Waals surface area contributed by atoms with Crippen LogP contribution >= 0.6 is 0 Å². The van der Waals surface area contributed by atoms with Gasteiger partial charge in [0.25, 0.3) is 0 Å². The molecule has 0 atom stereocenters. The van der Waals surface area contributed by atoms with Gasteiger partial charge in [-0.15, -0.1) is 0 Å². The molecule has 0 bridgehead atoms. The summed E-state index contributed by atoms with van der Waals surface area (Å²) in [5, 5.41) is 4.03. The highest BCUT2D eigenvalue weighted by Crippen LogP contribution is 2.26. The second-order valence-electron chi connectivity index (χ2n) is 11.1. The van der Waals surface area contributed by atoms with Crippen molar-refractivity contribution < 1.29 is 9.59 Å². The van der Waals surface area contributed by atoms with Crippen LogP contribution in [0.2, 0.25) is 0 Å². The Bertz CT molecular complexity index is 1100. The molecule has 1 aromatic heterocycles. The SMILES string of the molecule is Cc1cc(N2CCN(C)CC2)nc2ccc(NC(=O)CCC(=O)N3CCN(C4CCCCC4)CC3)cc12. The molecule has 8 heteroatoms. The normalized spacial score (nSPS) is 20.4. The Morgan fingerprint density at radius 2 is 1.65 bits per heavy atom. The first-order chi connectivity index (χ1) is 18.0. The molecule has 2 aromatic rings. The number of nitrogens with one attached hydrogen (secondary N) is 1. The van der Waals surface area contributed by atoms with Crippen molar-refractivity contribution in [1.29, 1.82) is 0 Å². The minimum atomic E-state index is -0.117. The number of amides is 2. The maximum Gasteiger partial charge on any atom is 0.224 e. The minimum Gasteiger partial charge on any atom is -0.354 e. The zero-order chi connectivity index (χ0) is 25.8. The van der Waals surface area contributed by atoms with Gasteiger partial charge in [0, 0.05) is 82.3 Å². The van der Waals surface area contributed by atoms with Crippen LogP contribution in [-0.4, -0.2) is 96.9 Å². The maximum atomic E-state index is 12.8. The summed E-state index contributed by atoms with van der Waals surface area (Å²) in [6.07, 6.45) is 7.11. The first-order valence-corrected chi connectivity index (χ1v) is 14.1. The van der Waals surface area contributed by atoms with E-state index in [1.165, 1.54) is 32.1 Å². The van der Waals surface area contributed by atoms with Crippen LogP contribution in [0, 0.1) is 6.92 Å². The van der Waals surface area contributed by atoms with Crippen molar-refractivity contribution in [2.45, 2.75) is 57.9 Å². The molecule has 5 rings (SSSR count). The summed E-state index contributed by atoms with van der Waals surface area (Å²) in [5.74, 6) is 0.995. The van der Waals surface area contributed by atoms with Crippen LogP contribution < -0.4 is 10.2 Å². The average molecular weight is 507 g/mol. The fourth-order valence-electron chi connectivity index (χ4n) is 6.04. The highest BCUT2D eigenvalue weighted by molar-refractivity contribution is 5.96. The van der Waals surface area contributed by atoms with Gasteiger partial charge in [-0.3, -0.25) is 14.5 Å². The van der Waals surface area contributed by atoms with E-state index in [1.54, 1.807) is 0 Å². The van der Waals surface area contributed by atoms with Gasteiger partial charge in [0.05, 0.1) is 5.52 Å². The number of nitrogens with zero attached hydrogens (tertiary/aromatic N) is 5. The summed E-state index contributed by atoms with van der Waals surface area (Å²) < 4.78 is 0. The standard InChI is InChI=1S/C29H42N6O2/c1-22-20-27(34-14-12-32(2)13-15-34)31-26-9-8-23(21-25(22)26)30-28(36)10-11-29(37)35-18-16-33(17-19-35)24-6-4-3-5-7-24/h8-9,20-21,24H,3-7,10-19H2,1-2H3,(H,30,36). The smallest absolute Gasteiger partial charge is 0.224 e. The maximum absolute atomic E-state index is 12.8. The fourth-order valence-corrected chi connectivity index (χ4v) is 6.04. The number of rotatable bonds is 6. The van der Waals surface area contributed by atoms with Crippen LogP contribution in [0.4, 0.5) is 11.5 Å². The molecule has 1 aliphatic carbocycles. The van der Waals surface area contributed by atoms with Gasteiger partial charge >= 0.3 is 0 Å². The molecule has 2 saturated heterocycles. The van der Waals surface area contributed by atoms with Crippen molar-refractivity contribution in [3.8, 4) is 0 Å². The molecular formula is C29H42N6O2. The predicted molar refractivity (Wildman–Crippen MR) is 149 cm³/mol. The van der Waals surface area contributed by atoms with Crippen molar-refractivity contribution in [1.82, 2.24) is 19.7 Å². The van der Waals surface area contributed by atoms with Crippen LogP contribution in [0.1, 0.15) is 50.5 Å². The van der Waals surface area contributed by atoms with E-state index >= 15 is 0 Å². The number of hydrogen-bond donors (Lipinski definition) is 1. The molecule has 3 heterocycles. The first kappa shape index (κ1) is 25.9. The van der Waals surface area contributed by atoms with E-state index in [4.69, 9.17) is 4.98 Å². The number of benzene rings is 1. The molecule has 0 radical (unpaired) electrons. The van der Waals surface area contributed by atoms with Crippen LogP contribution in [0.3, 0.4) is 0 Å². The minimum absolute atomic E-state index is 0.0911. The highest BCUT2D eigenvalue weighted by Gasteiger charge is 2.27. The van der Waals surface area contributed by atoms with Crippen molar-refractivity contribution in [2.75, 3.05) is 69.6 Å². The van der Waals surface area contributed by atoms with Crippen LogP contribution in [-0.2, 0) is 9.59 Å². The zero-order valence-electron chi connectivity index (χ0n) is 22.5. The summed E-state index contributed by atoms with van der Waals surface area (Å²) in [4.78, 5) is 39.5. The van der Waals surface area contributed by atoms with Crippen molar-refractivity contribution in [2.24, 2.45) is 0 Å². The summed E-state index contributed by atoms with van der Waals surface area (Å²) in [5.41, 5.74) is 2.84. The number of anilines is 2. The summed E-state index contributed by atoms with van der Waals surface area (Å²) in [6.45, 7) is 9.64. The number of fused-ring (bicyclic) bond motifs is 1. The van der Waals surface area contributed by atoms with Gasteiger partial charge in [0.1, 0.15) is 5.82 Å². The lowest BCUT2D eigenvalue weighted by atomic mass is 9.94. The van der Waals surface area contributed by atoms with E-state index in [0.29, 0.717) is 6.04 Å². The molecule has 37 heavy (non-hydrogen) atoms. The zero-order valence-corrected chi connectivity index (χ0v) is 22.5. The summed E-state index contributed by atoms with van der Waals surface area (Å²) in [7, 11) is 2.15. The van der Waals surface area contributed by atoms with Gasteiger partial charge in [-0.25, -0.2) is 4.98 Å². The number of aromatic nitrogens is 1. The van der Waals surface area contributed by atoms with E-state index < -0.39 is 0 Å². The predicted octanol–water partition coefficient (Wildman–Crippen LogP) is 3.49. The summed E-state index contributed by atoms with van der Waals surface area (Å²) >= 11 is 0. The van der Waals surface area contributed by atoms with Crippen molar-refractivity contribution in [3.63, 3.8) is 0 Å². The van der Waals surface area contributed by atoms with E-state index in [-0.39, 0.29) is 24.7 Å². The van der Waals surface area contributed by atoms with Crippen LogP contribution in [0.5, 0.6) is 0 Å². The monoisotopic (exact) mass is 506 g/mol. The molecule has 2 aliphatic heterocycles. The Balaban J connectivity index is 1.11. The van der Waals surface area contributed by atoms with E-state index in [9.17, 15) is 9.59 Å². The Hall–Kier alpha value is -2.71. The second-order valence-corrected chi connectivity index (χ2v) is 11.1. The number of pyridine rings is 1. The van der Waals surface area contributed by atoms with Crippen LogP contribution in [0.25, 0.3) is 10.9 Å². The topological polar surface area (TPSA) is 72.0 Å². The third kappa shape index (κ3) is 6.41. The molecule has 1 N–H and O–H groups in total. The molecule has 2 amide bonds. The third-order valence-corrected chi connectivity index (χ3v) is 8.44. The molecule has 0 unspecified atom stereocenters. The molecule has 8 nitrogen and oxygen atoms in total. The Morgan fingerprint density at radius 3 is 2.38 bits per heavy atom. The Labute approximate surface area is 221 Å². The Morgan fingerprint density at radius 1 is 0.919 bits per heavy atom. The van der Waals surface area contributed by atoms with E-state index in [2.05, 4.69) is 40.1 Å². The fraction of sp³-hybridized carbons (Fsp3) is 0.621. The number of carbonyl (C=O) groups is 2. The van der Waals surface area contributed by atoms with Gasteiger partial charge in [-0.2, -0.15) is 0 Å². The quantitative estimate of drug-likeness (QED) is 0.647. The van der Waals surface area contributed by atoms with Crippen molar-refractivity contribution in [3.05, 3.63) is 29.8 Å². The Kier molecular flexibility index (Phi) is 8.25. The number of carbonyl (C=O) groups excluding carboxylic acids is 2. The summed E-state index contributed by atoms with van der Waals surface area (Å²) in [6, 6.07) is 8.74. The van der Waals surface area contributed by atoms with Gasteiger partial charge in [-0.1, -0.05) is 19.3 Å². The number of piperazine rings is 2. The van der Waals surface area contributed by atoms with Gasteiger partial charge in [0.2, 0.25) is 11.8 Å². The number of aryl methyl sites for hydroxylation is 1. The molecule has 3 aliphatic rings. The van der Waals surface area contributed by atoms with Crippen molar-refractivity contribution >= 4 is 34.2 Å². The first-order valence-electron chi connectivity index (χ1n) is 14.1. The average Bonchev–Trinajstić information content (AvgIpc) is 2.93. The van der Waals surface area contributed by atoms with E-state index in [1.807, 2.05) is 23.1 Å². The largest absolute Gasteiger partial charge is 0.354 e. The lowest BCUT2D eigenvalue weighted by Gasteiger charge is -2.40. The third-order valence-electron chi connectivity index (χ3n) is 8.44. The van der Waals surface area contributed by atoms with E-state index in [0.717, 1.165) is 80.3 Å². The van der Waals surface area contributed by atoms with Gasteiger partial charge in [-0.05, 0) is 56.6 Å². The second kappa shape index (κ2) is 11.8. The molecular weight excluding hydrogens is 464 g/mol. The molecule has 200 valence electrons. The molecule has 3 fully saturated rings.